The Kier molecular flexibility index (Phi) is 1.68. The fourth-order valence-electron chi connectivity index (χ4n) is 1.44. The van der Waals surface area contributed by atoms with Crippen LogP contribution in [-0.2, 0) is 4.74 Å². The van der Waals surface area contributed by atoms with Crippen molar-refractivity contribution in [2.45, 2.75) is 29.8 Å². The SMILES string of the molecule is OC1C2C=CC(O2)C(O)C1Cl. The highest BCUT2D eigenvalue weighted by Gasteiger charge is 2.44. The van der Waals surface area contributed by atoms with Gasteiger partial charge in [-0.05, 0) is 0 Å². The van der Waals surface area contributed by atoms with Gasteiger partial charge in [0.1, 0.15) is 24.4 Å². The van der Waals surface area contributed by atoms with Gasteiger partial charge >= 0.3 is 0 Å². The highest BCUT2D eigenvalue weighted by Crippen LogP contribution is 2.30. The van der Waals surface area contributed by atoms with Gasteiger partial charge in [-0.2, -0.15) is 0 Å². The van der Waals surface area contributed by atoms with Crippen LogP contribution in [0.25, 0.3) is 0 Å². The summed E-state index contributed by atoms with van der Waals surface area (Å²) in [4.78, 5) is 0. The maximum absolute atomic E-state index is 9.37. The smallest absolute Gasteiger partial charge is 0.104 e. The van der Waals surface area contributed by atoms with Gasteiger partial charge in [-0.25, -0.2) is 0 Å². The number of halogens is 1. The molecule has 4 heteroatoms. The Hall–Kier alpha value is -0.0900. The molecule has 2 aliphatic rings. The van der Waals surface area contributed by atoms with Gasteiger partial charge in [-0.15, -0.1) is 11.6 Å². The topological polar surface area (TPSA) is 49.7 Å². The van der Waals surface area contributed by atoms with Crippen molar-refractivity contribution in [1.82, 2.24) is 0 Å². The largest absolute Gasteiger partial charge is 0.388 e. The number of alkyl halides is 1. The summed E-state index contributed by atoms with van der Waals surface area (Å²) in [7, 11) is 0. The molecule has 0 amide bonds. The van der Waals surface area contributed by atoms with Crippen LogP contribution in [-0.4, -0.2) is 40.0 Å². The van der Waals surface area contributed by atoms with Gasteiger partial charge in [0.25, 0.3) is 0 Å². The predicted molar refractivity (Wildman–Crippen MR) is 39.5 cm³/mol. The first-order valence-corrected chi connectivity index (χ1v) is 3.98. The summed E-state index contributed by atoms with van der Waals surface area (Å²) in [5, 5.41) is 18.1. The Morgan fingerprint density at radius 1 is 1.09 bits per heavy atom. The zero-order valence-corrected chi connectivity index (χ0v) is 6.48. The Bertz CT molecular complexity index is 176. The van der Waals surface area contributed by atoms with Crippen LogP contribution in [0.3, 0.4) is 0 Å². The minimum absolute atomic E-state index is 0.328. The summed E-state index contributed by atoms with van der Waals surface area (Å²) in [6, 6.07) is 0. The summed E-state index contributed by atoms with van der Waals surface area (Å²) in [5.74, 6) is 0. The lowest BCUT2D eigenvalue weighted by atomic mass is 10.0. The second-order valence-electron chi connectivity index (χ2n) is 2.88. The molecule has 0 spiro atoms. The molecule has 1 fully saturated rings. The Labute approximate surface area is 69.2 Å². The molecule has 0 aromatic carbocycles. The highest BCUT2D eigenvalue weighted by atomic mass is 35.5. The molecule has 2 rings (SSSR count). The molecule has 0 aromatic heterocycles. The van der Waals surface area contributed by atoms with E-state index in [0.29, 0.717) is 0 Å². The predicted octanol–water partition coefficient (Wildman–Crippen LogP) is -0.347. The monoisotopic (exact) mass is 176 g/mol. The van der Waals surface area contributed by atoms with E-state index in [1.165, 1.54) is 0 Å². The molecule has 62 valence electrons. The van der Waals surface area contributed by atoms with Crippen molar-refractivity contribution in [3.8, 4) is 0 Å². The Morgan fingerprint density at radius 3 is 2.00 bits per heavy atom. The maximum atomic E-state index is 9.37. The Morgan fingerprint density at radius 2 is 1.55 bits per heavy atom. The summed E-state index contributed by atoms with van der Waals surface area (Å²) in [6.07, 6.45) is 1.24. The third-order valence-electron chi connectivity index (χ3n) is 2.13. The minimum Gasteiger partial charge on any atom is -0.388 e. The van der Waals surface area contributed by atoms with Gasteiger partial charge in [0.05, 0.1) is 5.38 Å². The lowest BCUT2D eigenvalue weighted by molar-refractivity contribution is -0.118. The second kappa shape index (κ2) is 2.45. The number of hydrogen-bond acceptors (Lipinski definition) is 3. The van der Waals surface area contributed by atoms with Crippen LogP contribution in [0.5, 0.6) is 0 Å². The fraction of sp³-hybridized carbons (Fsp3) is 0.714. The molecule has 0 aliphatic carbocycles. The van der Waals surface area contributed by atoms with E-state index in [9.17, 15) is 10.2 Å². The molecule has 4 atom stereocenters. The normalized spacial score (nSPS) is 55.0. The zero-order chi connectivity index (χ0) is 8.01. The van der Waals surface area contributed by atoms with Crippen molar-refractivity contribution < 1.29 is 14.9 Å². The van der Waals surface area contributed by atoms with Crippen molar-refractivity contribution in [2.75, 3.05) is 0 Å². The summed E-state index contributed by atoms with van der Waals surface area (Å²) in [6.45, 7) is 0. The Balaban J connectivity index is 2.22. The van der Waals surface area contributed by atoms with E-state index in [0.717, 1.165) is 0 Å². The molecule has 0 aromatic rings. The number of aliphatic hydroxyl groups excluding tert-OH is 2. The van der Waals surface area contributed by atoms with Crippen LogP contribution < -0.4 is 0 Å². The molecule has 2 aliphatic heterocycles. The molecule has 0 radical (unpaired) electrons. The van der Waals surface area contributed by atoms with Gasteiger partial charge in [0.15, 0.2) is 0 Å². The van der Waals surface area contributed by atoms with Crippen LogP contribution in [0.1, 0.15) is 0 Å². The first-order valence-electron chi connectivity index (χ1n) is 3.54. The molecule has 2 bridgehead atoms. The zero-order valence-electron chi connectivity index (χ0n) is 5.72. The third-order valence-corrected chi connectivity index (χ3v) is 2.65. The van der Waals surface area contributed by atoms with Crippen molar-refractivity contribution >= 4 is 11.6 Å². The molecule has 3 nitrogen and oxygen atoms in total. The highest BCUT2D eigenvalue weighted by molar-refractivity contribution is 6.21. The lowest BCUT2D eigenvalue weighted by Gasteiger charge is -2.34. The van der Waals surface area contributed by atoms with E-state index >= 15 is 0 Å². The third kappa shape index (κ3) is 0.999. The summed E-state index contributed by atoms with van der Waals surface area (Å²) in [5.41, 5.74) is 0. The molecule has 0 saturated carbocycles. The molecule has 2 heterocycles. The number of aliphatic hydroxyl groups is 2. The standard InChI is InChI=1S/C7H9ClO3/c8-5-6(9)3-1-2-4(11-3)7(5)10/h1-7,9-10H. The van der Waals surface area contributed by atoms with E-state index < -0.39 is 17.6 Å². The van der Waals surface area contributed by atoms with E-state index in [-0.39, 0.29) is 12.2 Å². The summed E-state index contributed by atoms with van der Waals surface area (Å²) < 4.78 is 5.20. The first kappa shape index (κ1) is 7.55. The maximum Gasteiger partial charge on any atom is 0.104 e. The fourth-order valence-corrected chi connectivity index (χ4v) is 1.73. The van der Waals surface area contributed by atoms with E-state index in [4.69, 9.17) is 16.3 Å². The second-order valence-corrected chi connectivity index (χ2v) is 3.38. The first-order chi connectivity index (χ1) is 5.20. The van der Waals surface area contributed by atoms with Gasteiger partial charge in [0.2, 0.25) is 0 Å². The quantitative estimate of drug-likeness (QED) is 0.392. The molecule has 4 unspecified atom stereocenters. The molecular weight excluding hydrogens is 168 g/mol. The molecular formula is C7H9ClO3. The van der Waals surface area contributed by atoms with Gasteiger partial charge < -0.3 is 14.9 Å². The van der Waals surface area contributed by atoms with Crippen LogP contribution in [0, 0.1) is 0 Å². The van der Waals surface area contributed by atoms with Crippen LogP contribution >= 0.6 is 11.6 Å². The van der Waals surface area contributed by atoms with E-state index in [2.05, 4.69) is 0 Å². The van der Waals surface area contributed by atoms with E-state index in [1.807, 2.05) is 0 Å². The van der Waals surface area contributed by atoms with Gasteiger partial charge in [-0.1, -0.05) is 12.2 Å². The van der Waals surface area contributed by atoms with E-state index in [1.54, 1.807) is 12.2 Å². The number of ether oxygens (including phenoxy) is 1. The molecule has 1 saturated heterocycles. The molecule has 2 N–H and O–H groups in total. The van der Waals surface area contributed by atoms with Crippen molar-refractivity contribution in [3.63, 3.8) is 0 Å². The molecule has 11 heavy (non-hydrogen) atoms. The number of hydrogen-bond donors (Lipinski definition) is 2. The van der Waals surface area contributed by atoms with Crippen molar-refractivity contribution in [2.24, 2.45) is 0 Å². The number of fused-ring (bicyclic) bond motifs is 2. The van der Waals surface area contributed by atoms with Gasteiger partial charge in [0, 0.05) is 0 Å². The minimum atomic E-state index is -0.790. The van der Waals surface area contributed by atoms with Crippen molar-refractivity contribution in [3.05, 3.63) is 12.2 Å². The average Bonchev–Trinajstić information content (AvgIpc) is 2.44. The van der Waals surface area contributed by atoms with Crippen LogP contribution in [0.2, 0.25) is 0 Å². The van der Waals surface area contributed by atoms with Gasteiger partial charge in [-0.3, -0.25) is 0 Å². The van der Waals surface area contributed by atoms with Crippen LogP contribution in [0.4, 0.5) is 0 Å². The number of rotatable bonds is 0. The average molecular weight is 177 g/mol. The lowest BCUT2D eigenvalue weighted by Crippen LogP contribution is -2.51. The summed E-state index contributed by atoms with van der Waals surface area (Å²) >= 11 is 5.73. The van der Waals surface area contributed by atoms with Crippen LogP contribution in [0.15, 0.2) is 12.2 Å². The van der Waals surface area contributed by atoms with Crippen molar-refractivity contribution in [1.29, 1.82) is 0 Å².